The van der Waals surface area contributed by atoms with Gasteiger partial charge in [-0.1, -0.05) is 165 Å². The van der Waals surface area contributed by atoms with Crippen LogP contribution in [-0.4, -0.2) is 66.5 Å². The molecule has 0 rings (SSSR count). The van der Waals surface area contributed by atoms with Crippen molar-refractivity contribution in [2.45, 2.75) is 213 Å². The number of hydrogen-bond acceptors (Lipinski definition) is 10. The number of esters is 3. The number of hydrogen-bond donors (Lipinski definition) is 2. The van der Waals surface area contributed by atoms with Crippen LogP contribution >= 0.6 is 7.82 Å². The second-order valence-corrected chi connectivity index (χ2v) is 17.3. The number of carbonyl (C=O) groups is 3. The molecule has 11 nitrogen and oxygen atoms in total. The summed E-state index contributed by atoms with van der Waals surface area (Å²) in [5.41, 5.74) is 0. The number of phosphoric acid groups is 1. The largest absolute Gasteiger partial charge is 0.472 e. The number of rotatable bonds is 44. The minimum atomic E-state index is -4.74. The van der Waals surface area contributed by atoms with E-state index >= 15 is 0 Å². The van der Waals surface area contributed by atoms with E-state index < -0.39 is 57.8 Å². The number of aliphatic hydroxyl groups is 1. The Morgan fingerprint density at radius 2 is 0.855 bits per heavy atom. The standard InChI is InChI=1S/C50H87O11P/c1-4-7-10-13-16-19-21-22-23-24-26-28-30-33-36-39-48(52)57-43-47(61-50(54)41-38-35-32-29-25-20-17-14-11-8-5-2)45-59-62(55,56)58-44-46(42-51)60-49(53)40-37-34-31-27-18-15-12-9-6-3/h7,10,14,16-17,19,22-23,26,28,46-47,51H,4-6,8-9,11-13,15,18,20-21,24-25,27,29-45H2,1-3H3,(H,55,56)/b10-7-,17-14-,19-16-,23-22-,28-26-. The topological polar surface area (TPSA) is 155 Å². The predicted molar refractivity (Wildman–Crippen MR) is 252 cm³/mol. The third-order valence-corrected chi connectivity index (χ3v) is 10.9. The van der Waals surface area contributed by atoms with E-state index in [0.29, 0.717) is 19.3 Å². The average molecular weight is 895 g/mol. The average Bonchev–Trinajstić information content (AvgIpc) is 3.25. The van der Waals surface area contributed by atoms with E-state index in [4.69, 9.17) is 23.3 Å². The van der Waals surface area contributed by atoms with Crippen molar-refractivity contribution >= 4 is 25.7 Å². The molecule has 0 amide bonds. The molecule has 62 heavy (non-hydrogen) atoms. The number of allylic oxidation sites excluding steroid dienone is 10. The van der Waals surface area contributed by atoms with Gasteiger partial charge in [0.05, 0.1) is 19.8 Å². The summed E-state index contributed by atoms with van der Waals surface area (Å²) in [5, 5.41) is 9.72. The molecule has 0 saturated carbocycles. The molecule has 358 valence electrons. The van der Waals surface area contributed by atoms with E-state index in [1.165, 1.54) is 44.9 Å². The van der Waals surface area contributed by atoms with E-state index in [1.54, 1.807) is 0 Å². The molecule has 0 bridgehead atoms. The fourth-order valence-corrected chi connectivity index (χ4v) is 6.99. The molecule has 0 aromatic rings. The highest BCUT2D eigenvalue weighted by Gasteiger charge is 2.28. The summed E-state index contributed by atoms with van der Waals surface area (Å²) < 4.78 is 39.1. The maximum absolute atomic E-state index is 12.8. The maximum Gasteiger partial charge on any atom is 0.472 e. The summed E-state index contributed by atoms with van der Waals surface area (Å²) in [7, 11) is -4.74. The van der Waals surface area contributed by atoms with E-state index in [0.717, 1.165) is 96.3 Å². The monoisotopic (exact) mass is 895 g/mol. The molecule has 0 saturated heterocycles. The maximum atomic E-state index is 12.8. The minimum Gasteiger partial charge on any atom is -0.462 e. The Balaban J connectivity index is 4.82. The zero-order valence-corrected chi connectivity index (χ0v) is 40.0. The Morgan fingerprint density at radius 1 is 0.468 bits per heavy atom. The Hall–Kier alpha value is -2.82. The van der Waals surface area contributed by atoms with Crippen molar-refractivity contribution in [2.75, 3.05) is 26.4 Å². The molecule has 0 aliphatic rings. The van der Waals surface area contributed by atoms with Gasteiger partial charge in [0.2, 0.25) is 0 Å². The summed E-state index contributed by atoms with van der Waals surface area (Å²) in [6.07, 6.45) is 45.0. The summed E-state index contributed by atoms with van der Waals surface area (Å²) in [5.74, 6) is -1.53. The quantitative estimate of drug-likeness (QED) is 0.0197. The zero-order valence-electron chi connectivity index (χ0n) is 39.1. The Bertz CT molecular complexity index is 1280. The number of ether oxygens (including phenoxy) is 3. The smallest absolute Gasteiger partial charge is 0.462 e. The lowest BCUT2D eigenvalue weighted by Gasteiger charge is -2.21. The van der Waals surface area contributed by atoms with Gasteiger partial charge in [-0.05, 0) is 77.0 Å². The summed E-state index contributed by atoms with van der Waals surface area (Å²) in [6.45, 7) is 4.38. The highest BCUT2D eigenvalue weighted by molar-refractivity contribution is 7.47. The summed E-state index contributed by atoms with van der Waals surface area (Å²) in [4.78, 5) is 48.0. The van der Waals surface area contributed by atoms with Crippen LogP contribution in [0.15, 0.2) is 60.8 Å². The Morgan fingerprint density at radius 3 is 1.39 bits per heavy atom. The molecule has 3 unspecified atom stereocenters. The third-order valence-electron chi connectivity index (χ3n) is 9.92. The lowest BCUT2D eigenvalue weighted by molar-refractivity contribution is -0.161. The van der Waals surface area contributed by atoms with Gasteiger partial charge >= 0.3 is 25.7 Å². The number of phosphoric ester groups is 1. The first-order valence-electron chi connectivity index (χ1n) is 24.2. The molecule has 0 aliphatic carbocycles. The first-order valence-corrected chi connectivity index (χ1v) is 25.7. The minimum absolute atomic E-state index is 0.147. The number of carbonyl (C=O) groups excluding carboxylic acids is 3. The van der Waals surface area contributed by atoms with Crippen LogP contribution in [0.4, 0.5) is 0 Å². The van der Waals surface area contributed by atoms with E-state index in [9.17, 15) is 28.9 Å². The Kier molecular flexibility index (Phi) is 42.7. The molecule has 0 fully saturated rings. The van der Waals surface area contributed by atoms with Gasteiger partial charge in [0.1, 0.15) is 12.7 Å². The molecule has 0 aliphatic heterocycles. The van der Waals surface area contributed by atoms with Gasteiger partial charge < -0.3 is 24.2 Å². The van der Waals surface area contributed by atoms with Crippen LogP contribution < -0.4 is 0 Å². The van der Waals surface area contributed by atoms with Crippen molar-refractivity contribution in [3.05, 3.63) is 60.8 Å². The van der Waals surface area contributed by atoms with Crippen molar-refractivity contribution in [3.63, 3.8) is 0 Å². The van der Waals surface area contributed by atoms with Gasteiger partial charge in [-0.2, -0.15) is 0 Å². The summed E-state index contributed by atoms with van der Waals surface area (Å²) >= 11 is 0. The second kappa shape index (κ2) is 44.8. The predicted octanol–water partition coefficient (Wildman–Crippen LogP) is 13.2. The van der Waals surface area contributed by atoms with Gasteiger partial charge in [0, 0.05) is 19.3 Å². The zero-order chi connectivity index (χ0) is 45.6. The molecule has 0 radical (unpaired) electrons. The molecular formula is C50H87O11P. The van der Waals surface area contributed by atoms with Crippen LogP contribution in [0.5, 0.6) is 0 Å². The van der Waals surface area contributed by atoms with E-state index in [-0.39, 0.29) is 25.9 Å². The lowest BCUT2D eigenvalue weighted by atomic mass is 10.1. The molecule has 0 heterocycles. The first-order chi connectivity index (χ1) is 30.2. The van der Waals surface area contributed by atoms with Crippen molar-refractivity contribution in [1.82, 2.24) is 0 Å². The van der Waals surface area contributed by atoms with E-state index in [2.05, 4.69) is 81.5 Å². The normalized spacial score (nSPS) is 14.1. The highest BCUT2D eigenvalue weighted by atomic mass is 31.2. The molecule has 2 N–H and O–H groups in total. The van der Waals surface area contributed by atoms with Crippen LogP contribution in [0.1, 0.15) is 201 Å². The highest BCUT2D eigenvalue weighted by Crippen LogP contribution is 2.43. The second-order valence-electron chi connectivity index (χ2n) is 15.9. The van der Waals surface area contributed by atoms with Crippen molar-refractivity contribution in [2.24, 2.45) is 0 Å². The van der Waals surface area contributed by atoms with Crippen molar-refractivity contribution < 1.29 is 52.2 Å². The SMILES string of the molecule is CC/C=C\C/C=C\C/C=C\C/C=C\CCCCC(=O)OCC(COP(=O)(O)OCC(CO)OC(=O)CCCCCCCCCCC)OC(=O)CCCCCCC/C=C\CCCC. The van der Waals surface area contributed by atoms with Crippen LogP contribution in [0, 0.1) is 0 Å². The fraction of sp³-hybridized carbons (Fsp3) is 0.740. The van der Waals surface area contributed by atoms with Gasteiger partial charge in [-0.15, -0.1) is 0 Å². The molecule has 0 aromatic carbocycles. The van der Waals surface area contributed by atoms with Gasteiger partial charge in [0.15, 0.2) is 6.10 Å². The first kappa shape index (κ1) is 59.2. The number of aliphatic hydroxyl groups excluding tert-OH is 1. The van der Waals surface area contributed by atoms with Gasteiger partial charge in [-0.3, -0.25) is 23.4 Å². The number of unbranched alkanes of at least 4 members (excludes halogenated alkanes) is 17. The lowest BCUT2D eigenvalue weighted by Crippen LogP contribution is -2.30. The van der Waals surface area contributed by atoms with Gasteiger partial charge in [-0.25, -0.2) is 4.57 Å². The van der Waals surface area contributed by atoms with Crippen LogP contribution in [0.2, 0.25) is 0 Å². The molecule has 0 aromatic heterocycles. The summed E-state index contributed by atoms with van der Waals surface area (Å²) in [6, 6.07) is 0. The van der Waals surface area contributed by atoms with Crippen LogP contribution in [0.3, 0.4) is 0 Å². The van der Waals surface area contributed by atoms with Gasteiger partial charge in [0.25, 0.3) is 0 Å². The van der Waals surface area contributed by atoms with Crippen molar-refractivity contribution in [3.8, 4) is 0 Å². The fourth-order valence-electron chi connectivity index (χ4n) is 6.21. The molecule has 12 heteroatoms. The Labute approximate surface area is 376 Å². The molecular weight excluding hydrogens is 808 g/mol. The molecule has 3 atom stereocenters. The third kappa shape index (κ3) is 42.5. The van der Waals surface area contributed by atoms with Crippen LogP contribution in [0.25, 0.3) is 0 Å². The van der Waals surface area contributed by atoms with Crippen molar-refractivity contribution in [1.29, 1.82) is 0 Å². The molecule has 0 spiro atoms. The van der Waals surface area contributed by atoms with E-state index in [1.807, 2.05) is 0 Å². The van der Waals surface area contributed by atoms with Crippen LogP contribution in [-0.2, 0) is 42.2 Å².